The second kappa shape index (κ2) is 4.48. The van der Waals surface area contributed by atoms with Crippen molar-refractivity contribution in [2.45, 2.75) is 32.5 Å². The van der Waals surface area contributed by atoms with E-state index in [4.69, 9.17) is 9.47 Å². The Morgan fingerprint density at radius 3 is 2.46 bits per heavy atom. The third kappa shape index (κ3) is 4.15. The summed E-state index contributed by atoms with van der Waals surface area (Å²) in [6, 6.07) is 0. The average Bonchev–Trinajstić information content (AvgIpc) is 2.65. The van der Waals surface area contributed by atoms with E-state index in [0.717, 1.165) is 0 Å². The summed E-state index contributed by atoms with van der Waals surface area (Å²) < 4.78 is 10.2. The topological polar surface area (TPSA) is 55.9 Å². The molecule has 1 heterocycles. The van der Waals surface area contributed by atoms with Crippen molar-refractivity contribution in [3.8, 4) is 0 Å². The molecule has 0 aromatic carbocycles. The first kappa shape index (κ1) is 10.3. The highest BCUT2D eigenvalue weighted by Crippen LogP contribution is 2.25. The fraction of sp³-hybridized carbons (Fsp3) is 0.778. The van der Waals surface area contributed by atoms with Crippen molar-refractivity contribution in [3.05, 3.63) is 0 Å². The fourth-order valence-corrected chi connectivity index (χ4v) is 1.11. The molecule has 2 unspecified atom stereocenters. The first-order chi connectivity index (χ1) is 6.09. The van der Waals surface area contributed by atoms with E-state index in [1.165, 1.54) is 13.8 Å². The lowest BCUT2D eigenvalue weighted by atomic mass is 10.2. The molecule has 0 aromatic heterocycles. The van der Waals surface area contributed by atoms with Gasteiger partial charge in [0.2, 0.25) is 0 Å². The minimum Gasteiger partial charge on any atom is -0.371 e. The largest absolute Gasteiger partial charge is 0.371 e. The maximum Gasteiger partial charge on any atom is 0.155 e. The van der Waals surface area contributed by atoms with Crippen LogP contribution in [-0.2, 0) is 19.1 Å². The number of ether oxygens (including phenoxy) is 2. The van der Waals surface area contributed by atoms with E-state index in [1.807, 2.05) is 0 Å². The highest BCUT2D eigenvalue weighted by molar-refractivity contribution is 5.77. The summed E-state index contributed by atoms with van der Waals surface area (Å²) >= 11 is 0. The summed E-state index contributed by atoms with van der Waals surface area (Å²) in [5, 5.41) is 0. The van der Waals surface area contributed by atoms with E-state index < -0.39 is 0 Å². The van der Waals surface area contributed by atoms with Crippen molar-refractivity contribution in [2.75, 3.05) is 13.2 Å². The predicted molar refractivity (Wildman–Crippen MR) is 45.5 cm³/mol. The van der Waals surface area contributed by atoms with Crippen LogP contribution < -0.4 is 0 Å². The van der Waals surface area contributed by atoms with Crippen LogP contribution in [0.5, 0.6) is 0 Å². The molecule has 1 saturated heterocycles. The average molecular weight is 186 g/mol. The number of rotatable bonds is 6. The molecule has 1 fully saturated rings. The molecule has 0 N–H and O–H groups in total. The molecule has 0 radical (unpaired) electrons. The lowest BCUT2D eigenvalue weighted by Crippen LogP contribution is -2.11. The van der Waals surface area contributed by atoms with Crippen molar-refractivity contribution in [1.82, 2.24) is 0 Å². The third-order valence-corrected chi connectivity index (χ3v) is 1.76. The molecule has 1 aliphatic heterocycles. The lowest BCUT2D eigenvalue weighted by Gasteiger charge is -1.96. The quantitative estimate of drug-likeness (QED) is 0.561. The predicted octanol–water partition coefficient (Wildman–Crippen LogP) is 0.338. The van der Waals surface area contributed by atoms with Crippen LogP contribution in [0, 0.1) is 0 Å². The van der Waals surface area contributed by atoms with Gasteiger partial charge < -0.3 is 9.47 Å². The van der Waals surface area contributed by atoms with Gasteiger partial charge in [0.15, 0.2) is 5.78 Å². The number of ketones is 2. The number of carbonyl (C=O) groups is 2. The second-order valence-electron chi connectivity index (χ2n) is 3.34. The summed E-state index contributed by atoms with van der Waals surface area (Å²) in [5.41, 5.74) is 0. The van der Waals surface area contributed by atoms with Gasteiger partial charge in [-0.15, -0.1) is 0 Å². The minimum absolute atomic E-state index is 0.00349. The molecule has 0 amide bonds. The molecule has 0 saturated carbocycles. The first-order valence-corrected chi connectivity index (χ1v) is 4.31. The van der Waals surface area contributed by atoms with E-state index in [-0.39, 0.29) is 30.4 Å². The molecular formula is C9H14O4. The van der Waals surface area contributed by atoms with Gasteiger partial charge >= 0.3 is 0 Å². The number of hydrogen-bond donors (Lipinski definition) is 0. The molecular weight excluding hydrogens is 172 g/mol. The summed E-state index contributed by atoms with van der Waals surface area (Å²) in [4.78, 5) is 21.1. The Bertz CT molecular complexity index is 212. The molecule has 2 atom stereocenters. The molecule has 0 bridgehead atoms. The summed E-state index contributed by atoms with van der Waals surface area (Å²) in [5.74, 6) is 0.128. The number of hydrogen-bond acceptors (Lipinski definition) is 4. The molecule has 1 rings (SSSR count). The van der Waals surface area contributed by atoms with Crippen LogP contribution in [0.25, 0.3) is 0 Å². The summed E-state index contributed by atoms with van der Waals surface area (Å²) in [7, 11) is 0. The normalized spacial score (nSPS) is 25.7. The molecule has 4 nitrogen and oxygen atoms in total. The monoisotopic (exact) mass is 186 g/mol. The zero-order chi connectivity index (χ0) is 9.84. The third-order valence-electron chi connectivity index (χ3n) is 1.76. The Balaban J connectivity index is 2.01. The summed E-state index contributed by atoms with van der Waals surface area (Å²) in [6.45, 7) is 3.56. The SMILES string of the molecule is CC(=O)COCC1OC1CC(C)=O. The van der Waals surface area contributed by atoms with Gasteiger partial charge in [-0.2, -0.15) is 0 Å². The van der Waals surface area contributed by atoms with E-state index >= 15 is 0 Å². The molecule has 13 heavy (non-hydrogen) atoms. The Morgan fingerprint density at radius 1 is 1.23 bits per heavy atom. The van der Waals surface area contributed by atoms with E-state index in [1.54, 1.807) is 0 Å². The fourth-order valence-electron chi connectivity index (χ4n) is 1.11. The van der Waals surface area contributed by atoms with Crippen molar-refractivity contribution < 1.29 is 19.1 Å². The van der Waals surface area contributed by atoms with Crippen LogP contribution in [0.3, 0.4) is 0 Å². The Labute approximate surface area is 77.2 Å². The Morgan fingerprint density at radius 2 is 1.92 bits per heavy atom. The van der Waals surface area contributed by atoms with Gasteiger partial charge in [0, 0.05) is 6.42 Å². The van der Waals surface area contributed by atoms with Crippen LogP contribution in [0.1, 0.15) is 20.3 Å². The van der Waals surface area contributed by atoms with Gasteiger partial charge in [0.25, 0.3) is 0 Å². The Hall–Kier alpha value is -0.740. The zero-order valence-corrected chi connectivity index (χ0v) is 7.91. The highest BCUT2D eigenvalue weighted by atomic mass is 16.6. The minimum atomic E-state index is 0.00349. The van der Waals surface area contributed by atoms with Crippen LogP contribution in [0.4, 0.5) is 0 Å². The van der Waals surface area contributed by atoms with Crippen LogP contribution >= 0.6 is 0 Å². The molecule has 0 aliphatic carbocycles. The number of epoxide rings is 1. The van der Waals surface area contributed by atoms with Crippen molar-refractivity contribution in [3.63, 3.8) is 0 Å². The van der Waals surface area contributed by atoms with E-state index in [9.17, 15) is 9.59 Å². The van der Waals surface area contributed by atoms with Crippen LogP contribution in [-0.4, -0.2) is 37.0 Å². The van der Waals surface area contributed by atoms with Crippen LogP contribution in [0.15, 0.2) is 0 Å². The van der Waals surface area contributed by atoms with Gasteiger partial charge in [-0.05, 0) is 13.8 Å². The maximum absolute atomic E-state index is 10.6. The lowest BCUT2D eigenvalue weighted by molar-refractivity contribution is -0.121. The molecule has 0 aromatic rings. The van der Waals surface area contributed by atoms with Gasteiger partial charge in [0.05, 0.1) is 12.7 Å². The maximum atomic E-state index is 10.6. The van der Waals surface area contributed by atoms with Crippen molar-refractivity contribution >= 4 is 11.6 Å². The van der Waals surface area contributed by atoms with Gasteiger partial charge in [-0.25, -0.2) is 0 Å². The standard InChI is InChI=1S/C9H14O4/c1-6(10)3-8-9(13-8)5-12-4-7(2)11/h8-9H,3-5H2,1-2H3. The van der Waals surface area contributed by atoms with Gasteiger partial charge in [-0.1, -0.05) is 0 Å². The number of carbonyl (C=O) groups excluding carboxylic acids is 2. The molecule has 74 valence electrons. The van der Waals surface area contributed by atoms with Crippen molar-refractivity contribution in [1.29, 1.82) is 0 Å². The zero-order valence-electron chi connectivity index (χ0n) is 7.91. The second-order valence-corrected chi connectivity index (χ2v) is 3.34. The van der Waals surface area contributed by atoms with E-state index in [0.29, 0.717) is 13.0 Å². The smallest absolute Gasteiger partial charge is 0.155 e. The van der Waals surface area contributed by atoms with E-state index in [2.05, 4.69) is 0 Å². The van der Waals surface area contributed by atoms with Gasteiger partial charge in [-0.3, -0.25) is 9.59 Å². The van der Waals surface area contributed by atoms with Gasteiger partial charge in [0.1, 0.15) is 18.5 Å². The molecule has 1 aliphatic rings. The Kier molecular flexibility index (Phi) is 3.57. The number of Topliss-reactive ketones (excluding diaryl/α,β-unsaturated/α-hetero) is 2. The molecule has 0 spiro atoms. The molecule has 4 heteroatoms. The summed E-state index contributed by atoms with van der Waals surface area (Å²) in [6.07, 6.45) is 0.487. The van der Waals surface area contributed by atoms with Crippen molar-refractivity contribution in [2.24, 2.45) is 0 Å². The first-order valence-electron chi connectivity index (χ1n) is 4.31. The van der Waals surface area contributed by atoms with Crippen LogP contribution in [0.2, 0.25) is 0 Å². The highest BCUT2D eigenvalue weighted by Gasteiger charge is 2.39.